The molecule has 1 unspecified atom stereocenters. The Hall–Kier alpha value is -3.69. The standard InChI is InChI=1S/C26H30N4O4S/c1-3-18(2)30(17-19-9-8-11-21(15-19)26(27)29-32)25(31)16-20-10-4-5-12-22(20)23-13-6-7-14-24(23)35(28,33)34/h4-15,18,32H,3,16-17H2,1-2H3,(H2,27,29)(H2,28,33,34). The van der Waals surface area contributed by atoms with Gasteiger partial charge in [-0.25, -0.2) is 13.6 Å². The molecule has 0 aliphatic rings. The molecule has 3 aromatic rings. The van der Waals surface area contributed by atoms with Gasteiger partial charge in [-0.15, -0.1) is 0 Å². The molecule has 0 fully saturated rings. The lowest BCUT2D eigenvalue weighted by Crippen LogP contribution is -2.38. The van der Waals surface area contributed by atoms with Gasteiger partial charge in [-0.3, -0.25) is 4.79 Å². The van der Waals surface area contributed by atoms with Gasteiger partial charge in [-0.1, -0.05) is 72.7 Å². The monoisotopic (exact) mass is 494 g/mol. The Kier molecular flexibility index (Phi) is 8.26. The summed E-state index contributed by atoms with van der Waals surface area (Å²) in [4.78, 5) is 15.4. The topological polar surface area (TPSA) is 139 Å². The van der Waals surface area contributed by atoms with Crippen molar-refractivity contribution in [1.82, 2.24) is 4.90 Å². The summed E-state index contributed by atoms with van der Waals surface area (Å²) >= 11 is 0. The van der Waals surface area contributed by atoms with Crippen LogP contribution < -0.4 is 10.9 Å². The number of nitrogens with two attached hydrogens (primary N) is 2. The molecule has 9 heteroatoms. The summed E-state index contributed by atoms with van der Waals surface area (Å²) < 4.78 is 24.3. The zero-order chi connectivity index (χ0) is 25.6. The normalized spacial score (nSPS) is 12.8. The molecule has 5 N–H and O–H groups in total. The van der Waals surface area contributed by atoms with Crippen LogP contribution in [0.1, 0.15) is 37.0 Å². The molecule has 8 nitrogen and oxygen atoms in total. The highest BCUT2D eigenvalue weighted by atomic mass is 32.2. The lowest BCUT2D eigenvalue weighted by molar-refractivity contribution is -0.133. The quantitative estimate of drug-likeness (QED) is 0.181. The lowest BCUT2D eigenvalue weighted by Gasteiger charge is -2.29. The van der Waals surface area contributed by atoms with Crippen LogP contribution >= 0.6 is 0 Å². The van der Waals surface area contributed by atoms with E-state index < -0.39 is 10.0 Å². The van der Waals surface area contributed by atoms with Crippen LogP contribution in [0.4, 0.5) is 0 Å². The fourth-order valence-corrected chi connectivity index (χ4v) is 4.69. The second kappa shape index (κ2) is 11.2. The Labute approximate surface area is 205 Å². The Morgan fingerprint density at radius 3 is 2.34 bits per heavy atom. The van der Waals surface area contributed by atoms with Crippen molar-refractivity contribution in [3.05, 3.63) is 89.5 Å². The Morgan fingerprint density at radius 1 is 1.03 bits per heavy atom. The van der Waals surface area contributed by atoms with Gasteiger partial charge in [0.15, 0.2) is 5.84 Å². The highest BCUT2D eigenvalue weighted by Crippen LogP contribution is 2.30. The summed E-state index contributed by atoms with van der Waals surface area (Å²) in [6.07, 6.45) is 0.834. The molecular formula is C26H30N4O4S. The molecule has 3 rings (SSSR count). The zero-order valence-corrected chi connectivity index (χ0v) is 20.6. The molecule has 3 aromatic carbocycles. The number of nitrogens with zero attached hydrogens (tertiary/aromatic N) is 2. The number of amides is 1. The summed E-state index contributed by atoms with van der Waals surface area (Å²) in [5, 5.41) is 17.5. The molecule has 184 valence electrons. The molecule has 0 spiro atoms. The van der Waals surface area contributed by atoms with Crippen LogP contribution in [-0.4, -0.2) is 36.3 Å². The number of hydrogen-bond acceptors (Lipinski definition) is 5. The van der Waals surface area contributed by atoms with E-state index in [0.29, 0.717) is 28.8 Å². The first kappa shape index (κ1) is 25.9. The second-order valence-corrected chi connectivity index (χ2v) is 9.87. The highest BCUT2D eigenvalue weighted by Gasteiger charge is 2.23. The van der Waals surface area contributed by atoms with Crippen molar-refractivity contribution < 1.29 is 18.4 Å². The number of benzene rings is 3. The Bertz CT molecular complexity index is 1340. The molecule has 0 saturated carbocycles. The number of rotatable bonds is 9. The molecule has 0 radical (unpaired) electrons. The minimum absolute atomic E-state index is 0.00397. The van der Waals surface area contributed by atoms with Gasteiger partial charge in [-0.05, 0) is 42.2 Å². The van der Waals surface area contributed by atoms with E-state index in [-0.39, 0.29) is 29.1 Å². The molecule has 1 atom stereocenters. The fourth-order valence-electron chi connectivity index (χ4n) is 3.93. The Balaban J connectivity index is 1.95. The summed E-state index contributed by atoms with van der Waals surface area (Å²) in [5.41, 5.74) is 8.93. The third kappa shape index (κ3) is 6.26. The third-order valence-corrected chi connectivity index (χ3v) is 6.94. The molecule has 35 heavy (non-hydrogen) atoms. The second-order valence-electron chi connectivity index (χ2n) is 8.34. The van der Waals surface area contributed by atoms with Crippen molar-refractivity contribution in [2.75, 3.05) is 0 Å². The van der Waals surface area contributed by atoms with Gasteiger partial charge >= 0.3 is 0 Å². The maximum atomic E-state index is 13.6. The number of carbonyl (C=O) groups excluding carboxylic acids is 1. The molecule has 0 aromatic heterocycles. The van der Waals surface area contributed by atoms with E-state index in [2.05, 4.69) is 5.16 Å². The van der Waals surface area contributed by atoms with Crippen molar-refractivity contribution >= 4 is 21.8 Å². The van der Waals surface area contributed by atoms with Gasteiger partial charge in [0, 0.05) is 23.7 Å². The van der Waals surface area contributed by atoms with Crippen molar-refractivity contribution in [1.29, 1.82) is 0 Å². The average molecular weight is 495 g/mol. The summed E-state index contributed by atoms with van der Waals surface area (Å²) in [6.45, 7) is 4.33. The van der Waals surface area contributed by atoms with Crippen molar-refractivity contribution in [3.63, 3.8) is 0 Å². The number of amidine groups is 1. The molecular weight excluding hydrogens is 464 g/mol. The van der Waals surface area contributed by atoms with E-state index in [1.165, 1.54) is 6.07 Å². The van der Waals surface area contributed by atoms with E-state index in [4.69, 9.17) is 16.1 Å². The minimum Gasteiger partial charge on any atom is -0.409 e. The zero-order valence-electron chi connectivity index (χ0n) is 19.8. The summed E-state index contributed by atoms with van der Waals surface area (Å²) in [5.74, 6) is -0.107. The number of oxime groups is 1. The van der Waals surface area contributed by atoms with Gasteiger partial charge in [-0.2, -0.15) is 0 Å². The van der Waals surface area contributed by atoms with E-state index >= 15 is 0 Å². The first-order valence-corrected chi connectivity index (χ1v) is 12.8. The number of carbonyl (C=O) groups is 1. The van der Waals surface area contributed by atoms with Crippen molar-refractivity contribution in [3.8, 4) is 11.1 Å². The van der Waals surface area contributed by atoms with Crippen LogP contribution in [0.3, 0.4) is 0 Å². The molecule has 0 saturated heterocycles. The predicted molar refractivity (Wildman–Crippen MR) is 136 cm³/mol. The van der Waals surface area contributed by atoms with Gasteiger partial charge in [0.25, 0.3) is 0 Å². The van der Waals surface area contributed by atoms with E-state index in [9.17, 15) is 13.2 Å². The summed E-state index contributed by atoms with van der Waals surface area (Å²) in [6, 6.07) is 20.9. The van der Waals surface area contributed by atoms with Crippen LogP contribution in [0, 0.1) is 0 Å². The lowest BCUT2D eigenvalue weighted by atomic mass is 9.96. The SMILES string of the molecule is CCC(C)N(Cc1cccc(C(N)=NO)c1)C(=O)Cc1ccccc1-c1ccccc1S(N)(=O)=O. The van der Waals surface area contributed by atoms with Crippen LogP contribution in [-0.2, 0) is 27.8 Å². The maximum Gasteiger partial charge on any atom is 0.238 e. The van der Waals surface area contributed by atoms with Crippen molar-refractivity contribution in [2.45, 2.75) is 44.2 Å². The summed E-state index contributed by atoms with van der Waals surface area (Å²) in [7, 11) is -3.95. The van der Waals surface area contributed by atoms with Crippen LogP contribution in [0.25, 0.3) is 11.1 Å². The molecule has 0 aliphatic heterocycles. The van der Waals surface area contributed by atoms with Gasteiger partial charge in [0.05, 0.1) is 11.3 Å². The van der Waals surface area contributed by atoms with Crippen molar-refractivity contribution in [2.24, 2.45) is 16.0 Å². The average Bonchev–Trinajstić information content (AvgIpc) is 2.86. The van der Waals surface area contributed by atoms with Crippen LogP contribution in [0.5, 0.6) is 0 Å². The number of hydrogen-bond donors (Lipinski definition) is 3. The molecule has 0 bridgehead atoms. The molecule has 1 amide bonds. The fraction of sp³-hybridized carbons (Fsp3) is 0.231. The predicted octanol–water partition coefficient (Wildman–Crippen LogP) is 3.47. The van der Waals surface area contributed by atoms with E-state index in [0.717, 1.165) is 12.0 Å². The molecule has 0 aliphatic carbocycles. The van der Waals surface area contributed by atoms with E-state index in [1.807, 2.05) is 32.0 Å². The number of primary sulfonamides is 1. The first-order valence-electron chi connectivity index (χ1n) is 11.2. The van der Waals surface area contributed by atoms with Gasteiger partial charge < -0.3 is 15.8 Å². The third-order valence-electron chi connectivity index (χ3n) is 5.97. The molecule has 0 heterocycles. The Morgan fingerprint density at radius 2 is 1.69 bits per heavy atom. The first-order chi connectivity index (χ1) is 16.7. The van der Waals surface area contributed by atoms with E-state index in [1.54, 1.807) is 53.4 Å². The van der Waals surface area contributed by atoms with Crippen LogP contribution in [0.2, 0.25) is 0 Å². The minimum atomic E-state index is -3.95. The largest absolute Gasteiger partial charge is 0.409 e. The van der Waals surface area contributed by atoms with Gasteiger partial charge in [0.2, 0.25) is 15.9 Å². The highest BCUT2D eigenvalue weighted by molar-refractivity contribution is 7.89. The van der Waals surface area contributed by atoms with Crippen LogP contribution in [0.15, 0.2) is 82.8 Å². The number of sulfonamides is 1. The van der Waals surface area contributed by atoms with Gasteiger partial charge in [0.1, 0.15) is 0 Å². The smallest absolute Gasteiger partial charge is 0.238 e. The maximum absolute atomic E-state index is 13.6.